The second kappa shape index (κ2) is 11.4. The minimum atomic E-state index is 0.594. The van der Waals surface area contributed by atoms with Crippen LogP contribution >= 0.6 is 0 Å². The number of hydrogen-bond donors (Lipinski definition) is 0. The van der Waals surface area contributed by atoms with Gasteiger partial charge in [0.2, 0.25) is 0 Å². The molecule has 3 aromatic heterocycles. The maximum Gasteiger partial charge on any atom is 0.164 e. The van der Waals surface area contributed by atoms with Crippen molar-refractivity contribution in [1.82, 2.24) is 19.5 Å². The number of rotatable bonds is 5. The Balaban J connectivity index is 1.09. The zero-order valence-corrected chi connectivity index (χ0v) is 26.9. The van der Waals surface area contributed by atoms with Crippen LogP contribution in [0.2, 0.25) is 0 Å². The Morgan fingerprint density at radius 1 is 0.340 bits per heavy atom. The molecule has 0 aliphatic carbocycles. The van der Waals surface area contributed by atoms with Crippen molar-refractivity contribution in [2.75, 3.05) is 0 Å². The standard InChI is InChI=1S/C45H28N4O/c1-3-11-29(12-4-1)32-22-26-40-38(27-32)35-15-7-9-17-39(35)49(40)34-23-19-31(20-24-34)44-46-43(30-13-5-2-6-14-30)47-45(48-44)33-21-25-37-36-16-8-10-18-41(36)50-42(37)28-33/h1-28H. The topological polar surface area (TPSA) is 56.7 Å². The minimum absolute atomic E-state index is 0.594. The van der Waals surface area contributed by atoms with Gasteiger partial charge in [-0.2, -0.15) is 0 Å². The molecule has 0 saturated heterocycles. The van der Waals surface area contributed by atoms with Crippen LogP contribution in [0.3, 0.4) is 0 Å². The number of nitrogens with zero attached hydrogens (tertiary/aromatic N) is 4. The van der Waals surface area contributed by atoms with Crippen LogP contribution in [0.1, 0.15) is 0 Å². The molecule has 0 saturated carbocycles. The third-order valence-corrected chi connectivity index (χ3v) is 9.47. The molecule has 0 fully saturated rings. The molecule has 0 spiro atoms. The first-order valence-electron chi connectivity index (χ1n) is 16.7. The molecular weight excluding hydrogens is 613 g/mol. The molecular formula is C45H28N4O. The van der Waals surface area contributed by atoms with E-state index in [1.807, 2.05) is 54.6 Å². The summed E-state index contributed by atoms with van der Waals surface area (Å²) >= 11 is 0. The number of furan rings is 1. The summed E-state index contributed by atoms with van der Waals surface area (Å²) in [5, 5.41) is 4.61. The monoisotopic (exact) mass is 640 g/mol. The third-order valence-electron chi connectivity index (χ3n) is 9.47. The van der Waals surface area contributed by atoms with Crippen molar-refractivity contribution >= 4 is 43.7 Å². The molecule has 50 heavy (non-hydrogen) atoms. The van der Waals surface area contributed by atoms with Crippen LogP contribution in [0.5, 0.6) is 0 Å². The molecule has 5 nitrogen and oxygen atoms in total. The van der Waals surface area contributed by atoms with Gasteiger partial charge in [-0.3, -0.25) is 0 Å². The van der Waals surface area contributed by atoms with Gasteiger partial charge in [0.1, 0.15) is 11.2 Å². The molecule has 0 aliphatic rings. The number of benzene rings is 7. The normalized spacial score (nSPS) is 11.6. The molecule has 0 N–H and O–H groups in total. The SMILES string of the molecule is c1ccc(-c2ccc3c(c2)c2ccccc2n3-c2ccc(-c3nc(-c4ccccc4)nc(-c4ccc5c(c4)oc4ccccc45)n3)cc2)cc1. The molecule has 0 bridgehead atoms. The molecule has 234 valence electrons. The zero-order chi connectivity index (χ0) is 33.0. The van der Waals surface area contributed by atoms with Crippen molar-refractivity contribution in [1.29, 1.82) is 0 Å². The Morgan fingerprint density at radius 2 is 0.880 bits per heavy atom. The van der Waals surface area contributed by atoms with Crippen molar-refractivity contribution in [2.45, 2.75) is 0 Å². The molecule has 0 atom stereocenters. The van der Waals surface area contributed by atoms with E-state index in [0.29, 0.717) is 17.5 Å². The van der Waals surface area contributed by atoms with Gasteiger partial charge in [0.05, 0.1) is 11.0 Å². The number of hydrogen-bond acceptors (Lipinski definition) is 4. The molecule has 0 unspecified atom stereocenters. The molecule has 3 heterocycles. The summed E-state index contributed by atoms with van der Waals surface area (Å²) in [4.78, 5) is 14.9. The van der Waals surface area contributed by atoms with Crippen LogP contribution in [0.25, 0.3) is 94.7 Å². The van der Waals surface area contributed by atoms with Crippen LogP contribution < -0.4 is 0 Å². The Labute approximate surface area is 287 Å². The molecule has 0 aliphatic heterocycles. The smallest absolute Gasteiger partial charge is 0.164 e. The van der Waals surface area contributed by atoms with Crippen molar-refractivity contribution in [3.63, 3.8) is 0 Å². The van der Waals surface area contributed by atoms with E-state index in [0.717, 1.165) is 55.3 Å². The first kappa shape index (κ1) is 28.2. The van der Waals surface area contributed by atoms with Gasteiger partial charge in [-0.25, -0.2) is 15.0 Å². The average molecular weight is 641 g/mol. The van der Waals surface area contributed by atoms with Crippen molar-refractivity contribution in [3.8, 4) is 51.0 Å². The highest BCUT2D eigenvalue weighted by molar-refractivity contribution is 6.10. The fraction of sp³-hybridized carbons (Fsp3) is 0. The van der Waals surface area contributed by atoms with Gasteiger partial charge < -0.3 is 8.98 Å². The van der Waals surface area contributed by atoms with Gasteiger partial charge in [-0.05, 0) is 71.8 Å². The summed E-state index contributed by atoms with van der Waals surface area (Å²) in [6, 6.07) is 58.7. The van der Waals surface area contributed by atoms with E-state index in [-0.39, 0.29) is 0 Å². The summed E-state index contributed by atoms with van der Waals surface area (Å²) in [5.74, 6) is 1.83. The zero-order valence-electron chi connectivity index (χ0n) is 26.9. The predicted octanol–water partition coefficient (Wildman–Crippen LogP) is 11.5. The largest absolute Gasteiger partial charge is 0.456 e. The van der Waals surface area contributed by atoms with E-state index < -0.39 is 0 Å². The molecule has 0 amide bonds. The van der Waals surface area contributed by atoms with Crippen LogP contribution in [-0.2, 0) is 0 Å². The lowest BCUT2D eigenvalue weighted by Crippen LogP contribution is -2.00. The van der Waals surface area contributed by atoms with E-state index in [1.165, 1.54) is 21.9 Å². The fourth-order valence-electron chi connectivity index (χ4n) is 7.04. The second-order valence-electron chi connectivity index (χ2n) is 12.5. The third kappa shape index (κ3) is 4.67. The fourth-order valence-corrected chi connectivity index (χ4v) is 7.04. The van der Waals surface area contributed by atoms with Gasteiger partial charge in [-0.15, -0.1) is 0 Å². The van der Waals surface area contributed by atoms with Crippen LogP contribution in [0, 0.1) is 0 Å². The van der Waals surface area contributed by atoms with Crippen LogP contribution in [0.4, 0.5) is 0 Å². The van der Waals surface area contributed by atoms with E-state index in [1.54, 1.807) is 0 Å². The van der Waals surface area contributed by atoms with E-state index >= 15 is 0 Å². The number of fused-ring (bicyclic) bond motifs is 6. The number of para-hydroxylation sites is 2. The van der Waals surface area contributed by atoms with Crippen molar-refractivity contribution in [2.24, 2.45) is 0 Å². The van der Waals surface area contributed by atoms with Gasteiger partial charge in [-0.1, -0.05) is 109 Å². The quantitative estimate of drug-likeness (QED) is 0.188. The summed E-state index contributed by atoms with van der Waals surface area (Å²) in [7, 11) is 0. The second-order valence-corrected chi connectivity index (χ2v) is 12.5. The van der Waals surface area contributed by atoms with Gasteiger partial charge >= 0.3 is 0 Å². The van der Waals surface area contributed by atoms with Gasteiger partial charge in [0.15, 0.2) is 17.5 Å². The first-order chi connectivity index (χ1) is 24.8. The van der Waals surface area contributed by atoms with Crippen molar-refractivity contribution < 1.29 is 4.42 Å². The lowest BCUT2D eigenvalue weighted by Gasteiger charge is -2.11. The molecule has 7 aromatic carbocycles. The van der Waals surface area contributed by atoms with Crippen LogP contribution in [-0.4, -0.2) is 19.5 Å². The highest BCUT2D eigenvalue weighted by Crippen LogP contribution is 2.36. The molecule has 10 aromatic rings. The Bertz CT molecular complexity index is 2850. The maximum absolute atomic E-state index is 6.21. The summed E-state index contributed by atoms with van der Waals surface area (Å²) in [6.45, 7) is 0. The number of aromatic nitrogens is 4. The summed E-state index contributed by atoms with van der Waals surface area (Å²) in [5.41, 5.74) is 10.2. The molecule has 5 heteroatoms. The summed E-state index contributed by atoms with van der Waals surface area (Å²) < 4.78 is 8.54. The summed E-state index contributed by atoms with van der Waals surface area (Å²) in [6.07, 6.45) is 0. The molecule has 10 rings (SSSR count). The first-order valence-corrected chi connectivity index (χ1v) is 16.7. The average Bonchev–Trinajstić information content (AvgIpc) is 3.73. The molecule has 0 radical (unpaired) electrons. The highest BCUT2D eigenvalue weighted by atomic mass is 16.3. The van der Waals surface area contributed by atoms with E-state index in [9.17, 15) is 0 Å². The lowest BCUT2D eigenvalue weighted by molar-refractivity contribution is 0.669. The van der Waals surface area contributed by atoms with E-state index in [2.05, 4.69) is 120 Å². The lowest BCUT2D eigenvalue weighted by atomic mass is 10.0. The predicted molar refractivity (Wildman–Crippen MR) is 203 cm³/mol. The Kier molecular flexibility index (Phi) is 6.42. The van der Waals surface area contributed by atoms with Crippen molar-refractivity contribution in [3.05, 3.63) is 170 Å². The van der Waals surface area contributed by atoms with Gasteiger partial charge in [0, 0.05) is 43.9 Å². The Morgan fingerprint density at radius 3 is 1.64 bits per heavy atom. The Hall–Kier alpha value is -6.85. The minimum Gasteiger partial charge on any atom is -0.456 e. The highest BCUT2D eigenvalue weighted by Gasteiger charge is 2.16. The van der Waals surface area contributed by atoms with E-state index in [4.69, 9.17) is 19.4 Å². The van der Waals surface area contributed by atoms with Gasteiger partial charge in [0.25, 0.3) is 0 Å². The maximum atomic E-state index is 6.21. The van der Waals surface area contributed by atoms with Crippen LogP contribution in [0.15, 0.2) is 174 Å².